The first kappa shape index (κ1) is 17.3. The molecule has 0 aliphatic carbocycles. The summed E-state index contributed by atoms with van der Waals surface area (Å²) in [5.41, 5.74) is 5.25. The number of nitrogens with two attached hydrogens (primary N) is 1. The van der Waals surface area contributed by atoms with Gasteiger partial charge < -0.3 is 5.73 Å². The first-order valence-electron chi connectivity index (χ1n) is 7.58. The van der Waals surface area contributed by atoms with Gasteiger partial charge in [-0.25, -0.2) is 0 Å². The number of nitriles is 1. The fourth-order valence-electron chi connectivity index (χ4n) is 2.65. The van der Waals surface area contributed by atoms with Crippen LogP contribution in [0.5, 0.6) is 0 Å². The number of hydrogen-bond acceptors (Lipinski definition) is 8. The fraction of sp³-hybridized carbons (Fsp3) is 0.769. The van der Waals surface area contributed by atoms with Crippen molar-refractivity contribution in [1.29, 1.82) is 5.26 Å². The van der Waals surface area contributed by atoms with E-state index in [1.54, 1.807) is 5.06 Å². The predicted molar refractivity (Wildman–Crippen MR) is 79.3 cm³/mol. The Morgan fingerprint density at radius 2 is 2.39 bits per heavy atom. The van der Waals surface area contributed by atoms with Gasteiger partial charge in [0.2, 0.25) is 5.91 Å². The third kappa shape index (κ3) is 5.24. The molecule has 0 saturated carbocycles. The summed E-state index contributed by atoms with van der Waals surface area (Å²) in [4.78, 5) is 20.2. The molecule has 1 aromatic rings. The van der Waals surface area contributed by atoms with E-state index in [4.69, 9.17) is 15.8 Å². The lowest BCUT2D eigenvalue weighted by Gasteiger charge is -2.38. The average molecular weight is 322 g/mol. The van der Waals surface area contributed by atoms with Crippen LogP contribution in [0.3, 0.4) is 0 Å². The van der Waals surface area contributed by atoms with E-state index >= 15 is 0 Å². The molecule has 2 rings (SSSR count). The van der Waals surface area contributed by atoms with Crippen LogP contribution >= 0.6 is 0 Å². The summed E-state index contributed by atoms with van der Waals surface area (Å²) in [5.74, 6) is -0.421. The lowest BCUT2D eigenvalue weighted by Crippen LogP contribution is -2.52. The van der Waals surface area contributed by atoms with Crippen LogP contribution in [0, 0.1) is 11.3 Å². The average Bonchev–Trinajstić information content (AvgIpc) is 3.04. The van der Waals surface area contributed by atoms with Crippen LogP contribution in [0.15, 0.2) is 6.33 Å². The van der Waals surface area contributed by atoms with Crippen LogP contribution < -0.4 is 5.73 Å². The lowest BCUT2D eigenvalue weighted by molar-refractivity contribution is -0.180. The molecule has 2 N–H and O–H groups in total. The Morgan fingerprint density at radius 1 is 1.57 bits per heavy atom. The molecule has 0 aromatic carbocycles. The number of carbonyl (C=O) groups excluding carboxylic acids is 1. The highest BCUT2D eigenvalue weighted by Gasteiger charge is 2.31. The molecule has 10 nitrogen and oxygen atoms in total. The Morgan fingerprint density at radius 3 is 3.04 bits per heavy atom. The SMILES string of the molecule is CN(OCCCn1ncnn1)[C@@H]1CC[C@@H](C#N)N(CC(N)=O)C1. The van der Waals surface area contributed by atoms with Gasteiger partial charge in [-0.05, 0) is 24.5 Å². The second kappa shape index (κ2) is 8.52. The van der Waals surface area contributed by atoms with Crippen molar-refractivity contribution in [3.8, 4) is 6.07 Å². The molecule has 0 radical (unpaired) electrons. The zero-order valence-corrected chi connectivity index (χ0v) is 13.2. The van der Waals surface area contributed by atoms with Gasteiger partial charge in [0.1, 0.15) is 0 Å². The maximum atomic E-state index is 11.1. The summed E-state index contributed by atoms with van der Waals surface area (Å²) < 4.78 is 0. The topological polar surface area (TPSA) is 126 Å². The number of amides is 1. The first-order valence-corrected chi connectivity index (χ1v) is 7.58. The highest BCUT2D eigenvalue weighted by Crippen LogP contribution is 2.20. The van der Waals surface area contributed by atoms with Gasteiger partial charge in [-0.2, -0.15) is 15.1 Å². The molecule has 1 saturated heterocycles. The largest absolute Gasteiger partial charge is 0.369 e. The number of primary amides is 1. The van der Waals surface area contributed by atoms with Gasteiger partial charge in [-0.1, -0.05) is 0 Å². The van der Waals surface area contributed by atoms with Crippen LogP contribution in [0.4, 0.5) is 0 Å². The van der Waals surface area contributed by atoms with E-state index in [2.05, 4.69) is 21.5 Å². The van der Waals surface area contributed by atoms with Crippen molar-refractivity contribution >= 4 is 5.91 Å². The molecule has 23 heavy (non-hydrogen) atoms. The minimum atomic E-state index is -0.421. The third-order valence-electron chi connectivity index (χ3n) is 3.87. The quantitative estimate of drug-likeness (QED) is 0.465. The van der Waals surface area contributed by atoms with Crippen molar-refractivity contribution in [2.24, 2.45) is 5.73 Å². The van der Waals surface area contributed by atoms with Crippen molar-refractivity contribution < 1.29 is 9.63 Å². The van der Waals surface area contributed by atoms with E-state index in [9.17, 15) is 4.79 Å². The smallest absolute Gasteiger partial charge is 0.231 e. The summed E-state index contributed by atoms with van der Waals surface area (Å²) in [7, 11) is 1.87. The highest BCUT2D eigenvalue weighted by molar-refractivity contribution is 5.76. The Labute approximate surface area is 134 Å². The van der Waals surface area contributed by atoms with E-state index in [0.29, 0.717) is 26.1 Å². The maximum Gasteiger partial charge on any atom is 0.231 e. The van der Waals surface area contributed by atoms with Crippen molar-refractivity contribution in [2.45, 2.75) is 37.9 Å². The van der Waals surface area contributed by atoms with Gasteiger partial charge in [0.25, 0.3) is 0 Å². The molecule has 2 atom stereocenters. The van der Waals surface area contributed by atoms with Crippen molar-refractivity contribution in [2.75, 3.05) is 26.7 Å². The minimum absolute atomic E-state index is 0.0978. The molecule has 1 fully saturated rings. The number of aryl methyl sites for hydroxylation is 1. The molecule has 10 heteroatoms. The Hall–Kier alpha value is -2.09. The number of hydroxylamine groups is 2. The molecule has 1 aliphatic rings. The van der Waals surface area contributed by atoms with Gasteiger partial charge in [-0.15, -0.1) is 10.2 Å². The Bertz CT molecular complexity index is 529. The monoisotopic (exact) mass is 322 g/mol. The van der Waals surface area contributed by atoms with Gasteiger partial charge in [0, 0.05) is 19.6 Å². The summed E-state index contributed by atoms with van der Waals surface area (Å²) in [5, 5.41) is 22.3. The zero-order valence-electron chi connectivity index (χ0n) is 13.2. The number of likely N-dealkylation sites (N-methyl/N-ethyl adjacent to an activating group) is 1. The number of piperidine rings is 1. The molecule has 0 spiro atoms. The number of rotatable bonds is 8. The second-order valence-electron chi connectivity index (χ2n) is 5.54. The van der Waals surface area contributed by atoms with Gasteiger partial charge in [0.05, 0.1) is 31.8 Å². The normalized spacial score (nSPS) is 22.1. The molecule has 0 unspecified atom stereocenters. The third-order valence-corrected chi connectivity index (χ3v) is 3.87. The van der Waals surface area contributed by atoms with E-state index in [1.165, 1.54) is 11.1 Å². The van der Waals surface area contributed by atoms with Gasteiger partial charge in [-0.3, -0.25) is 14.5 Å². The van der Waals surface area contributed by atoms with Gasteiger partial charge >= 0.3 is 0 Å². The zero-order chi connectivity index (χ0) is 16.7. The molecule has 2 heterocycles. The number of nitrogens with zero attached hydrogens (tertiary/aromatic N) is 7. The van der Waals surface area contributed by atoms with Crippen LogP contribution in [0.1, 0.15) is 19.3 Å². The van der Waals surface area contributed by atoms with Crippen LogP contribution in [-0.2, 0) is 16.2 Å². The Balaban J connectivity index is 1.74. The highest BCUT2D eigenvalue weighted by atomic mass is 16.7. The van der Waals surface area contributed by atoms with Crippen molar-refractivity contribution in [3.05, 3.63) is 6.33 Å². The van der Waals surface area contributed by atoms with E-state index in [0.717, 1.165) is 12.8 Å². The molecule has 1 aliphatic heterocycles. The van der Waals surface area contributed by atoms with Crippen LogP contribution in [0.25, 0.3) is 0 Å². The molecular weight excluding hydrogens is 300 g/mol. The van der Waals surface area contributed by atoms with Gasteiger partial charge in [0.15, 0.2) is 6.33 Å². The van der Waals surface area contributed by atoms with Crippen LogP contribution in [0.2, 0.25) is 0 Å². The summed E-state index contributed by atoms with van der Waals surface area (Å²) in [6.45, 7) is 1.86. The van der Waals surface area contributed by atoms with E-state index in [1.807, 2.05) is 11.9 Å². The molecule has 1 amide bonds. The number of tetrazole rings is 1. The number of carbonyl (C=O) groups is 1. The standard InChI is InChI=1S/C13H22N8O2/c1-19(23-6-2-5-21-17-10-16-18-21)12-4-3-11(7-14)20(8-12)9-13(15)22/h10-12H,2-6,8-9H2,1H3,(H2,15,22)/t11-,12+/m0/s1. The van der Waals surface area contributed by atoms with Crippen molar-refractivity contribution in [1.82, 2.24) is 30.2 Å². The number of aromatic nitrogens is 4. The second-order valence-corrected chi connectivity index (χ2v) is 5.54. The molecule has 1 aromatic heterocycles. The van der Waals surface area contributed by atoms with E-state index < -0.39 is 5.91 Å². The Kier molecular flexibility index (Phi) is 6.40. The predicted octanol–water partition coefficient (Wildman–Crippen LogP) is -1.23. The number of likely N-dealkylation sites (tertiary alicyclic amines) is 1. The number of hydrogen-bond donors (Lipinski definition) is 1. The van der Waals surface area contributed by atoms with E-state index in [-0.39, 0.29) is 18.6 Å². The fourth-order valence-corrected chi connectivity index (χ4v) is 2.65. The van der Waals surface area contributed by atoms with Crippen LogP contribution in [-0.4, -0.2) is 74.9 Å². The van der Waals surface area contributed by atoms with Crippen molar-refractivity contribution in [3.63, 3.8) is 0 Å². The summed E-state index contributed by atoms with van der Waals surface area (Å²) in [6, 6.07) is 2.09. The maximum absolute atomic E-state index is 11.1. The summed E-state index contributed by atoms with van der Waals surface area (Å²) >= 11 is 0. The minimum Gasteiger partial charge on any atom is -0.369 e. The first-order chi connectivity index (χ1) is 11.1. The lowest BCUT2D eigenvalue weighted by atomic mass is 9.99. The summed E-state index contributed by atoms with van der Waals surface area (Å²) in [6.07, 6.45) is 3.70. The molecule has 0 bridgehead atoms. The molecular formula is C13H22N8O2. The molecule has 126 valence electrons.